The van der Waals surface area contributed by atoms with Crippen molar-refractivity contribution in [3.8, 4) is 0 Å². The maximum absolute atomic E-state index is 12.9. The Kier molecular flexibility index (Phi) is 72.1. The number of unbranched alkanes of at least 4 members (excludes halogenated alkanes) is 57. The molecule has 0 bridgehead atoms. The molecule has 0 amide bonds. The van der Waals surface area contributed by atoms with Crippen LogP contribution in [0.25, 0.3) is 0 Å². The lowest BCUT2D eigenvalue weighted by molar-refractivity contribution is -0.870. The van der Waals surface area contributed by atoms with E-state index in [9.17, 15) is 19.0 Å². The summed E-state index contributed by atoms with van der Waals surface area (Å²) in [5.74, 6) is -0.806. The minimum atomic E-state index is -4.64. The second-order valence-corrected chi connectivity index (χ2v) is 30.5. The topological polar surface area (TPSA) is 111 Å². The number of hydrogen-bond acceptors (Lipinski definition) is 8. The normalized spacial score (nSPS) is 13.2. The van der Waals surface area contributed by atoms with Crippen LogP contribution in [0.2, 0.25) is 0 Å². The number of phosphoric acid groups is 1. The Balaban J connectivity index is 3.90. The number of phosphoric ester groups is 1. The summed E-state index contributed by atoms with van der Waals surface area (Å²) in [5, 5.41) is 0. The molecular formula is C82H158NO8P. The molecule has 0 spiro atoms. The van der Waals surface area contributed by atoms with Gasteiger partial charge < -0.3 is 27.9 Å². The standard InChI is InChI=1S/C82H158NO8P/c1-6-8-10-12-14-16-18-20-22-24-26-28-30-32-34-36-38-40-41-43-44-46-48-50-52-54-56-58-60-62-64-66-68-70-72-74-81(84)88-78-80(79-90-92(86,87)89-77-76-83(3,4)5)91-82(85)75-73-71-69-67-65-63-61-59-57-55-53-51-49-47-45-42-39-37-35-33-31-29-27-25-23-21-19-17-15-13-11-9-7-2/h19,21,24-27,80H,6-18,20,22-23,28-79H2,1-5H3/b21-19-,26-24-,27-25-. The van der Waals surface area contributed by atoms with Gasteiger partial charge in [-0.15, -0.1) is 0 Å². The number of carbonyl (C=O) groups is 2. The van der Waals surface area contributed by atoms with E-state index in [0.717, 1.165) is 38.5 Å². The van der Waals surface area contributed by atoms with Gasteiger partial charge in [0.25, 0.3) is 7.82 Å². The van der Waals surface area contributed by atoms with Gasteiger partial charge in [-0.25, -0.2) is 0 Å². The summed E-state index contributed by atoms with van der Waals surface area (Å²) >= 11 is 0. The molecule has 10 heteroatoms. The SMILES string of the molecule is CCCCCCC/C=C\C/C=C\CCCCCCCCCCCCCCCCCCCCCCCC(=O)OC(COC(=O)CCCCCCCCCCCCCCCCCCCCCCCCC/C=C\CCCCCCCCCC)COP(=O)([O-])OCC[N+](C)(C)C. The van der Waals surface area contributed by atoms with Crippen LogP contribution in [0.5, 0.6) is 0 Å². The molecule has 9 nitrogen and oxygen atoms in total. The molecule has 544 valence electrons. The second kappa shape index (κ2) is 73.5. The Morgan fingerprint density at radius 2 is 0.587 bits per heavy atom. The minimum absolute atomic E-state index is 0.0271. The summed E-state index contributed by atoms with van der Waals surface area (Å²) in [6, 6.07) is 0. The molecule has 0 radical (unpaired) electrons. The second-order valence-electron chi connectivity index (χ2n) is 29.1. The molecule has 0 aliphatic carbocycles. The van der Waals surface area contributed by atoms with Gasteiger partial charge in [-0.05, 0) is 70.6 Å². The molecule has 2 unspecified atom stereocenters. The highest BCUT2D eigenvalue weighted by Crippen LogP contribution is 2.38. The third-order valence-electron chi connectivity index (χ3n) is 18.6. The Bertz CT molecular complexity index is 1640. The van der Waals surface area contributed by atoms with Crippen molar-refractivity contribution in [2.24, 2.45) is 0 Å². The molecule has 0 saturated heterocycles. The van der Waals surface area contributed by atoms with Crippen LogP contribution < -0.4 is 4.89 Å². The number of allylic oxidation sites excluding steroid dienone is 6. The Hall–Kier alpha value is -1.77. The minimum Gasteiger partial charge on any atom is -0.756 e. The Labute approximate surface area is 573 Å². The van der Waals surface area contributed by atoms with Crippen molar-refractivity contribution < 1.29 is 42.1 Å². The highest BCUT2D eigenvalue weighted by atomic mass is 31.2. The predicted molar refractivity (Wildman–Crippen MR) is 398 cm³/mol. The average molecular weight is 1320 g/mol. The number of ether oxygens (including phenoxy) is 2. The lowest BCUT2D eigenvalue weighted by atomic mass is 10.0. The van der Waals surface area contributed by atoms with Crippen molar-refractivity contribution in [2.45, 2.75) is 431 Å². The van der Waals surface area contributed by atoms with Crippen LogP contribution in [-0.4, -0.2) is 70.0 Å². The molecule has 0 aromatic rings. The fourth-order valence-corrected chi connectivity index (χ4v) is 13.1. The van der Waals surface area contributed by atoms with Gasteiger partial charge in [-0.2, -0.15) is 0 Å². The first-order valence-corrected chi connectivity index (χ1v) is 42.2. The molecule has 0 N–H and O–H groups in total. The van der Waals surface area contributed by atoms with Crippen molar-refractivity contribution >= 4 is 19.8 Å². The molecule has 0 aromatic heterocycles. The van der Waals surface area contributed by atoms with E-state index >= 15 is 0 Å². The van der Waals surface area contributed by atoms with Gasteiger partial charge in [0.05, 0.1) is 27.7 Å². The van der Waals surface area contributed by atoms with Gasteiger partial charge in [0.2, 0.25) is 0 Å². The van der Waals surface area contributed by atoms with Gasteiger partial charge in [-0.3, -0.25) is 14.2 Å². The fourth-order valence-electron chi connectivity index (χ4n) is 12.4. The number of rotatable bonds is 77. The van der Waals surface area contributed by atoms with E-state index in [1.54, 1.807) is 0 Å². The summed E-state index contributed by atoms with van der Waals surface area (Å²) in [5.41, 5.74) is 0. The van der Waals surface area contributed by atoms with Crippen molar-refractivity contribution in [3.05, 3.63) is 36.5 Å². The average Bonchev–Trinajstić information content (AvgIpc) is 2.23. The first-order valence-electron chi connectivity index (χ1n) is 40.7. The summed E-state index contributed by atoms with van der Waals surface area (Å²) in [6.45, 7) is 4.31. The van der Waals surface area contributed by atoms with Crippen molar-refractivity contribution in [3.63, 3.8) is 0 Å². The van der Waals surface area contributed by atoms with Crippen LogP contribution in [-0.2, 0) is 32.7 Å². The quantitative estimate of drug-likeness (QED) is 0.0195. The Morgan fingerprint density at radius 1 is 0.337 bits per heavy atom. The summed E-state index contributed by atoms with van der Waals surface area (Å²) in [4.78, 5) is 38.2. The molecule has 2 atom stereocenters. The van der Waals surface area contributed by atoms with E-state index in [1.165, 1.54) is 353 Å². The number of likely N-dealkylation sites (N-methyl/N-ethyl adjacent to an activating group) is 1. The van der Waals surface area contributed by atoms with Crippen molar-refractivity contribution in [1.29, 1.82) is 0 Å². The van der Waals surface area contributed by atoms with Gasteiger partial charge in [0.1, 0.15) is 19.8 Å². The summed E-state index contributed by atoms with van der Waals surface area (Å²) in [7, 11) is 1.19. The Morgan fingerprint density at radius 3 is 0.870 bits per heavy atom. The molecular weight excluding hydrogens is 1160 g/mol. The number of nitrogens with zero attached hydrogens (tertiary/aromatic N) is 1. The van der Waals surface area contributed by atoms with E-state index in [0.29, 0.717) is 17.4 Å². The summed E-state index contributed by atoms with van der Waals surface area (Å²) in [6.07, 6.45) is 95.7. The van der Waals surface area contributed by atoms with E-state index in [4.69, 9.17) is 18.5 Å². The monoisotopic (exact) mass is 1320 g/mol. The van der Waals surface area contributed by atoms with Gasteiger partial charge >= 0.3 is 11.9 Å². The number of esters is 2. The van der Waals surface area contributed by atoms with E-state index in [2.05, 4.69) is 50.3 Å². The highest BCUT2D eigenvalue weighted by Gasteiger charge is 2.22. The van der Waals surface area contributed by atoms with E-state index in [-0.39, 0.29) is 32.0 Å². The zero-order valence-corrected chi connectivity index (χ0v) is 63.2. The van der Waals surface area contributed by atoms with E-state index < -0.39 is 26.5 Å². The first-order chi connectivity index (χ1) is 45.0. The molecule has 0 fully saturated rings. The van der Waals surface area contributed by atoms with Crippen molar-refractivity contribution in [1.82, 2.24) is 0 Å². The van der Waals surface area contributed by atoms with Crippen LogP contribution in [0.15, 0.2) is 36.5 Å². The van der Waals surface area contributed by atoms with Crippen LogP contribution in [0.1, 0.15) is 425 Å². The fraction of sp³-hybridized carbons (Fsp3) is 0.902. The van der Waals surface area contributed by atoms with Gasteiger partial charge in [0.15, 0.2) is 6.10 Å². The molecule has 92 heavy (non-hydrogen) atoms. The lowest BCUT2D eigenvalue weighted by Gasteiger charge is -2.28. The van der Waals surface area contributed by atoms with Crippen LogP contribution in [0.4, 0.5) is 0 Å². The third kappa shape index (κ3) is 77.2. The van der Waals surface area contributed by atoms with Crippen LogP contribution in [0, 0.1) is 0 Å². The van der Waals surface area contributed by atoms with Crippen LogP contribution in [0.3, 0.4) is 0 Å². The first kappa shape index (κ1) is 90.2. The molecule has 0 saturated carbocycles. The van der Waals surface area contributed by atoms with Crippen molar-refractivity contribution in [2.75, 3.05) is 47.5 Å². The molecule has 0 heterocycles. The maximum Gasteiger partial charge on any atom is 0.306 e. The maximum atomic E-state index is 12.9. The van der Waals surface area contributed by atoms with Crippen LogP contribution >= 0.6 is 7.82 Å². The number of hydrogen-bond donors (Lipinski definition) is 0. The molecule has 0 rings (SSSR count). The molecule has 0 aliphatic rings. The number of quaternary nitrogens is 1. The zero-order valence-electron chi connectivity index (χ0n) is 62.3. The highest BCUT2D eigenvalue weighted by molar-refractivity contribution is 7.45. The number of carbonyl (C=O) groups excluding carboxylic acids is 2. The molecule has 0 aromatic carbocycles. The summed E-state index contributed by atoms with van der Waals surface area (Å²) < 4.78 is 34.4. The predicted octanol–water partition coefficient (Wildman–Crippen LogP) is 26.3. The smallest absolute Gasteiger partial charge is 0.306 e. The zero-order chi connectivity index (χ0) is 66.9. The largest absolute Gasteiger partial charge is 0.756 e. The molecule has 0 aliphatic heterocycles. The van der Waals surface area contributed by atoms with Gasteiger partial charge in [-0.1, -0.05) is 378 Å². The third-order valence-corrected chi connectivity index (χ3v) is 19.6. The van der Waals surface area contributed by atoms with E-state index in [1.807, 2.05) is 21.1 Å². The van der Waals surface area contributed by atoms with Gasteiger partial charge in [0, 0.05) is 12.8 Å². The lowest BCUT2D eigenvalue weighted by Crippen LogP contribution is -2.37.